The van der Waals surface area contributed by atoms with E-state index in [2.05, 4.69) is 74.6 Å². The Kier molecular flexibility index (Phi) is 8.67. The quantitative estimate of drug-likeness (QED) is 0.505. The van der Waals surface area contributed by atoms with Gasteiger partial charge in [0.2, 0.25) is 0 Å². The fraction of sp³-hybridized carbons (Fsp3) is 0.517. The number of benzene rings is 2. The van der Waals surface area contributed by atoms with E-state index in [1.165, 1.54) is 10.4 Å². The van der Waals surface area contributed by atoms with Crippen LogP contribution in [-0.4, -0.2) is 43.2 Å². The van der Waals surface area contributed by atoms with Crippen molar-refractivity contribution in [1.82, 2.24) is 5.32 Å². The molecule has 196 valence electrons. The summed E-state index contributed by atoms with van der Waals surface area (Å²) in [6.45, 7) is 12.2. The van der Waals surface area contributed by atoms with Crippen molar-refractivity contribution in [2.24, 2.45) is 5.92 Å². The Labute approximate surface area is 216 Å². The lowest BCUT2D eigenvalue weighted by Gasteiger charge is -2.48. The van der Waals surface area contributed by atoms with Gasteiger partial charge in [-0.2, -0.15) is 0 Å². The highest BCUT2D eigenvalue weighted by molar-refractivity contribution is 6.99. The molecule has 1 aliphatic carbocycles. The number of amides is 1. The van der Waals surface area contributed by atoms with Crippen LogP contribution in [-0.2, 0) is 14.0 Å². The number of hydrogen-bond donors (Lipinski definition) is 2. The molecule has 0 bridgehead atoms. The van der Waals surface area contributed by atoms with Crippen LogP contribution in [0.1, 0.15) is 67.2 Å². The second-order valence-electron chi connectivity index (χ2n) is 11.8. The number of carbonyl (C=O) groups excluding carboxylic acids is 1. The Morgan fingerprint density at radius 3 is 1.89 bits per heavy atom. The molecule has 0 radical (unpaired) electrons. The minimum atomic E-state index is -2.84. The number of aliphatic carboxylic acids is 1. The van der Waals surface area contributed by atoms with Crippen LogP contribution in [0, 0.1) is 5.92 Å². The van der Waals surface area contributed by atoms with E-state index in [0.717, 1.165) is 6.42 Å². The number of alkyl carbamates (subject to hydrolysis) is 1. The summed E-state index contributed by atoms with van der Waals surface area (Å²) in [6, 6.07) is 20.5. The average Bonchev–Trinajstić information content (AvgIpc) is 2.77. The highest BCUT2D eigenvalue weighted by atomic mass is 28.4. The molecule has 6 nitrogen and oxygen atoms in total. The van der Waals surface area contributed by atoms with Crippen molar-refractivity contribution >= 4 is 30.8 Å². The molecule has 7 heteroatoms. The summed E-state index contributed by atoms with van der Waals surface area (Å²) in [7, 11) is -2.84. The molecule has 3 atom stereocenters. The van der Waals surface area contributed by atoms with Crippen LogP contribution in [0.5, 0.6) is 0 Å². The number of hydrogen-bond acceptors (Lipinski definition) is 4. The molecule has 2 aromatic carbocycles. The second kappa shape index (κ2) is 11.2. The Hall–Kier alpha value is -2.64. The van der Waals surface area contributed by atoms with E-state index >= 15 is 0 Å². The zero-order chi connectivity index (χ0) is 26.6. The van der Waals surface area contributed by atoms with Gasteiger partial charge < -0.3 is 19.6 Å². The Balaban J connectivity index is 2.03. The Morgan fingerprint density at radius 1 is 0.917 bits per heavy atom. The Bertz CT molecular complexity index is 974. The van der Waals surface area contributed by atoms with Crippen LogP contribution in [0.25, 0.3) is 0 Å². The summed E-state index contributed by atoms with van der Waals surface area (Å²) in [4.78, 5) is 24.3. The van der Waals surface area contributed by atoms with Crippen molar-refractivity contribution in [3.8, 4) is 0 Å². The van der Waals surface area contributed by atoms with Crippen molar-refractivity contribution < 1.29 is 23.9 Å². The molecule has 2 N–H and O–H groups in total. The molecule has 1 amide bonds. The molecule has 0 heterocycles. The zero-order valence-electron chi connectivity index (χ0n) is 22.4. The van der Waals surface area contributed by atoms with Gasteiger partial charge in [-0.3, -0.25) is 4.79 Å². The largest absolute Gasteiger partial charge is 0.481 e. The molecule has 1 saturated carbocycles. The minimum absolute atomic E-state index is 0.0264. The van der Waals surface area contributed by atoms with Crippen molar-refractivity contribution in [2.45, 2.75) is 90.0 Å². The van der Waals surface area contributed by atoms with Gasteiger partial charge in [-0.05, 0) is 61.4 Å². The van der Waals surface area contributed by atoms with Crippen molar-refractivity contribution in [1.29, 1.82) is 0 Å². The van der Waals surface area contributed by atoms with Gasteiger partial charge in [0.25, 0.3) is 8.32 Å². The van der Waals surface area contributed by atoms with Gasteiger partial charge in [0.1, 0.15) is 5.60 Å². The van der Waals surface area contributed by atoms with Crippen LogP contribution in [0.3, 0.4) is 0 Å². The molecule has 1 fully saturated rings. The summed E-state index contributed by atoms with van der Waals surface area (Å²) >= 11 is 0. The number of rotatable bonds is 7. The van der Waals surface area contributed by atoms with Crippen LogP contribution in [0.15, 0.2) is 60.7 Å². The number of carbonyl (C=O) groups is 2. The topological polar surface area (TPSA) is 84.9 Å². The highest BCUT2D eigenvalue weighted by Gasteiger charge is 2.53. The molecular weight excluding hydrogens is 470 g/mol. The maximum atomic E-state index is 12.8. The molecule has 36 heavy (non-hydrogen) atoms. The molecular formula is C29H41NO5Si. The third-order valence-electron chi connectivity index (χ3n) is 6.81. The van der Waals surface area contributed by atoms with E-state index in [0.29, 0.717) is 12.8 Å². The standard InChI is InChI=1S/C29H41NO5Si/c1-28(2,3)34-27(33)30-24-19-21(20-26(31)32)17-18-25(24)35-36(29(4,5)6,22-13-9-7-10-14-22)23-15-11-8-12-16-23/h7-16,21,24-25H,17-20H2,1-6H3,(H,30,33)(H,31,32)/t21-,24+,25+/m1/s1. The smallest absolute Gasteiger partial charge is 0.407 e. The number of ether oxygens (including phenoxy) is 1. The SMILES string of the molecule is CC(C)(C)OC(=O)N[C@H]1C[C@H](CC(=O)O)CC[C@@H]1O[Si](c1ccccc1)(c1ccccc1)C(C)(C)C. The van der Waals surface area contributed by atoms with Gasteiger partial charge in [-0.25, -0.2) is 4.79 Å². The fourth-order valence-corrected chi connectivity index (χ4v) is 10.1. The molecule has 0 saturated heterocycles. The predicted molar refractivity (Wildman–Crippen MR) is 145 cm³/mol. The maximum Gasteiger partial charge on any atom is 0.407 e. The van der Waals surface area contributed by atoms with Crippen LogP contribution in [0.4, 0.5) is 4.79 Å². The summed E-state index contributed by atoms with van der Waals surface area (Å²) in [5.74, 6) is -0.844. The van der Waals surface area contributed by atoms with Crippen molar-refractivity contribution in [3.05, 3.63) is 60.7 Å². The average molecular weight is 512 g/mol. The second-order valence-corrected chi connectivity index (χ2v) is 16.1. The van der Waals surface area contributed by atoms with Crippen LogP contribution < -0.4 is 15.7 Å². The molecule has 2 aromatic rings. The molecule has 1 aliphatic rings. The molecule has 0 aromatic heterocycles. The lowest BCUT2D eigenvalue weighted by Crippen LogP contribution is -2.69. The first kappa shape index (κ1) is 27.9. The van der Waals surface area contributed by atoms with Gasteiger partial charge in [0.15, 0.2) is 0 Å². The maximum absolute atomic E-state index is 12.8. The van der Waals surface area contributed by atoms with E-state index in [9.17, 15) is 14.7 Å². The fourth-order valence-electron chi connectivity index (χ4n) is 5.33. The van der Waals surface area contributed by atoms with Crippen molar-refractivity contribution in [2.75, 3.05) is 0 Å². The first-order valence-electron chi connectivity index (χ1n) is 12.8. The van der Waals surface area contributed by atoms with Gasteiger partial charge >= 0.3 is 12.1 Å². The van der Waals surface area contributed by atoms with E-state index in [-0.39, 0.29) is 29.5 Å². The first-order chi connectivity index (χ1) is 16.8. The summed E-state index contributed by atoms with van der Waals surface area (Å²) in [5.41, 5.74) is -0.631. The summed E-state index contributed by atoms with van der Waals surface area (Å²) in [6.07, 6.45) is 1.26. The normalized spacial score (nSPS) is 21.0. The lowest BCUT2D eigenvalue weighted by atomic mass is 9.82. The number of nitrogens with one attached hydrogen (secondary N) is 1. The number of carboxylic acids is 1. The van der Waals surface area contributed by atoms with Gasteiger partial charge in [0, 0.05) is 6.42 Å². The van der Waals surface area contributed by atoms with Gasteiger partial charge in [-0.1, -0.05) is 81.4 Å². The van der Waals surface area contributed by atoms with Gasteiger partial charge in [0.05, 0.1) is 12.1 Å². The van der Waals surface area contributed by atoms with E-state index in [1.54, 1.807) is 0 Å². The molecule has 3 rings (SSSR count). The van der Waals surface area contributed by atoms with Crippen molar-refractivity contribution in [3.63, 3.8) is 0 Å². The summed E-state index contributed by atoms with van der Waals surface area (Å²) in [5, 5.41) is 14.6. The van der Waals surface area contributed by atoms with E-state index in [1.807, 2.05) is 32.9 Å². The van der Waals surface area contributed by atoms with E-state index in [4.69, 9.17) is 9.16 Å². The Morgan fingerprint density at radius 2 is 1.44 bits per heavy atom. The van der Waals surface area contributed by atoms with Crippen LogP contribution >= 0.6 is 0 Å². The van der Waals surface area contributed by atoms with E-state index < -0.39 is 26.0 Å². The zero-order valence-corrected chi connectivity index (χ0v) is 23.4. The lowest BCUT2D eigenvalue weighted by molar-refractivity contribution is -0.138. The monoisotopic (exact) mass is 511 g/mol. The number of carboxylic acid groups (broad SMARTS) is 1. The predicted octanol–water partition coefficient (Wildman–Crippen LogP) is 5.10. The van der Waals surface area contributed by atoms with Crippen LogP contribution in [0.2, 0.25) is 5.04 Å². The first-order valence-corrected chi connectivity index (χ1v) is 14.7. The highest BCUT2D eigenvalue weighted by Crippen LogP contribution is 2.40. The third kappa shape index (κ3) is 6.76. The third-order valence-corrected chi connectivity index (χ3v) is 11.9. The minimum Gasteiger partial charge on any atom is -0.481 e. The summed E-state index contributed by atoms with van der Waals surface area (Å²) < 4.78 is 12.9. The molecule has 0 aliphatic heterocycles. The van der Waals surface area contributed by atoms with Gasteiger partial charge in [-0.15, -0.1) is 0 Å². The molecule has 0 unspecified atom stereocenters. The molecule has 0 spiro atoms.